The SMILES string of the molecule is CCNc1ncnc(N(C)Cc2cnn(C)c2)c1C(C)C. The van der Waals surface area contributed by atoms with Crippen molar-refractivity contribution in [2.75, 3.05) is 23.8 Å². The summed E-state index contributed by atoms with van der Waals surface area (Å²) in [4.78, 5) is 11.0. The summed E-state index contributed by atoms with van der Waals surface area (Å²) in [6, 6.07) is 0. The van der Waals surface area contributed by atoms with Gasteiger partial charge >= 0.3 is 0 Å². The normalized spacial score (nSPS) is 11.0. The molecular weight excluding hydrogens is 264 g/mol. The van der Waals surface area contributed by atoms with Crippen LogP contribution in [-0.2, 0) is 13.6 Å². The van der Waals surface area contributed by atoms with Crippen LogP contribution in [0.25, 0.3) is 0 Å². The summed E-state index contributed by atoms with van der Waals surface area (Å²) in [6.45, 7) is 8.03. The molecular formula is C15H24N6. The molecule has 2 heterocycles. The summed E-state index contributed by atoms with van der Waals surface area (Å²) in [6.07, 6.45) is 5.54. The van der Waals surface area contributed by atoms with Crippen LogP contribution in [0.15, 0.2) is 18.7 Å². The zero-order valence-electron chi connectivity index (χ0n) is 13.5. The summed E-state index contributed by atoms with van der Waals surface area (Å²) >= 11 is 0. The lowest BCUT2D eigenvalue weighted by atomic mass is 10.0. The van der Waals surface area contributed by atoms with Crippen LogP contribution in [0.1, 0.15) is 37.8 Å². The molecule has 0 fully saturated rings. The molecule has 114 valence electrons. The molecule has 0 amide bonds. The summed E-state index contributed by atoms with van der Waals surface area (Å²) in [5, 5.41) is 7.54. The number of hydrogen-bond acceptors (Lipinski definition) is 5. The molecule has 2 aromatic rings. The third-order valence-electron chi connectivity index (χ3n) is 3.32. The Morgan fingerprint density at radius 3 is 2.67 bits per heavy atom. The maximum Gasteiger partial charge on any atom is 0.137 e. The van der Waals surface area contributed by atoms with Gasteiger partial charge in [-0.25, -0.2) is 9.97 Å². The van der Waals surface area contributed by atoms with Gasteiger partial charge in [-0.3, -0.25) is 4.68 Å². The number of nitrogens with one attached hydrogen (secondary N) is 1. The van der Waals surface area contributed by atoms with Gasteiger partial charge in [0.1, 0.15) is 18.0 Å². The standard InChI is InChI=1S/C15H24N6/c1-6-16-14-13(11(2)3)15(18-10-17-14)20(4)8-12-7-19-21(5)9-12/h7,9-11H,6,8H2,1-5H3,(H,16,17,18). The van der Waals surface area contributed by atoms with Crippen LogP contribution in [0.5, 0.6) is 0 Å². The Labute approximate surface area is 126 Å². The third kappa shape index (κ3) is 3.51. The summed E-state index contributed by atoms with van der Waals surface area (Å²) in [7, 11) is 3.98. The minimum absolute atomic E-state index is 0.353. The minimum atomic E-state index is 0.353. The van der Waals surface area contributed by atoms with Crippen molar-refractivity contribution >= 4 is 11.6 Å². The first-order valence-corrected chi connectivity index (χ1v) is 7.30. The largest absolute Gasteiger partial charge is 0.370 e. The van der Waals surface area contributed by atoms with E-state index in [1.54, 1.807) is 6.33 Å². The van der Waals surface area contributed by atoms with E-state index in [2.05, 4.69) is 53.1 Å². The van der Waals surface area contributed by atoms with E-state index in [9.17, 15) is 0 Å². The highest BCUT2D eigenvalue weighted by Gasteiger charge is 2.18. The first-order chi connectivity index (χ1) is 10.0. The van der Waals surface area contributed by atoms with Gasteiger partial charge in [0.05, 0.1) is 6.20 Å². The lowest BCUT2D eigenvalue weighted by Crippen LogP contribution is -2.21. The Morgan fingerprint density at radius 2 is 2.10 bits per heavy atom. The Balaban J connectivity index is 2.31. The molecule has 2 aromatic heterocycles. The van der Waals surface area contributed by atoms with Gasteiger partial charge in [0.15, 0.2) is 0 Å². The molecule has 0 radical (unpaired) electrons. The molecule has 0 saturated heterocycles. The smallest absolute Gasteiger partial charge is 0.137 e. The van der Waals surface area contributed by atoms with Crippen molar-refractivity contribution in [3.8, 4) is 0 Å². The number of rotatable bonds is 6. The van der Waals surface area contributed by atoms with Crippen LogP contribution in [0.2, 0.25) is 0 Å². The highest BCUT2D eigenvalue weighted by Crippen LogP contribution is 2.30. The van der Waals surface area contributed by atoms with Gasteiger partial charge < -0.3 is 10.2 Å². The molecule has 0 bridgehead atoms. The molecule has 6 heteroatoms. The van der Waals surface area contributed by atoms with Gasteiger partial charge in [0.2, 0.25) is 0 Å². The Kier molecular flexibility index (Phi) is 4.77. The third-order valence-corrected chi connectivity index (χ3v) is 3.32. The van der Waals surface area contributed by atoms with E-state index in [1.807, 2.05) is 24.1 Å². The highest BCUT2D eigenvalue weighted by molar-refractivity contribution is 5.60. The van der Waals surface area contributed by atoms with E-state index in [1.165, 1.54) is 5.56 Å². The molecule has 0 aliphatic rings. The highest BCUT2D eigenvalue weighted by atomic mass is 15.2. The quantitative estimate of drug-likeness (QED) is 0.884. The van der Waals surface area contributed by atoms with E-state index in [4.69, 9.17) is 0 Å². The maximum atomic E-state index is 4.49. The van der Waals surface area contributed by atoms with E-state index in [0.29, 0.717) is 5.92 Å². The van der Waals surface area contributed by atoms with Gasteiger partial charge in [-0.2, -0.15) is 5.10 Å². The molecule has 0 atom stereocenters. The molecule has 0 unspecified atom stereocenters. The van der Waals surface area contributed by atoms with Crippen LogP contribution in [0.4, 0.5) is 11.6 Å². The summed E-state index contributed by atoms with van der Waals surface area (Å²) < 4.78 is 1.82. The van der Waals surface area contributed by atoms with Crippen molar-refractivity contribution in [2.24, 2.45) is 7.05 Å². The number of nitrogens with zero attached hydrogens (tertiary/aromatic N) is 5. The fourth-order valence-corrected chi connectivity index (χ4v) is 2.43. The predicted molar refractivity (Wildman–Crippen MR) is 85.6 cm³/mol. The molecule has 21 heavy (non-hydrogen) atoms. The van der Waals surface area contributed by atoms with Gasteiger partial charge in [-0.1, -0.05) is 13.8 Å². The Morgan fingerprint density at radius 1 is 1.33 bits per heavy atom. The van der Waals surface area contributed by atoms with E-state index < -0.39 is 0 Å². The molecule has 0 saturated carbocycles. The lowest BCUT2D eigenvalue weighted by Gasteiger charge is -2.24. The van der Waals surface area contributed by atoms with Crippen molar-refractivity contribution in [1.29, 1.82) is 0 Å². The zero-order valence-corrected chi connectivity index (χ0v) is 13.5. The first kappa shape index (κ1) is 15.3. The van der Waals surface area contributed by atoms with Gasteiger partial charge in [0.25, 0.3) is 0 Å². The van der Waals surface area contributed by atoms with Crippen molar-refractivity contribution in [2.45, 2.75) is 33.2 Å². The molecule has 0 aromatic carbocycles. The average molecular weight is 288 g/mol. The molecule has 0 aliphatic carbocycles. The van der Waals surface area contributed by atoms with Crippen LogP contribution >= 0.6 is 0 Å². The zero-order chi connectivity index (χ0) is 15.4. The number of aryl methyl sites for hydroxylation is 1. The second-order valence-corrected chi connectivity index (χ2v) is 5.52. The molecule has 0 aliphatic heterocycles. The fourth-order valence-electron chi connectivity index (χ4n) is 2.43. The average Bonchev–Trinajstić information content (AvgIpc) is 2.84. The van der Waals surface area contributed by atoms with Crippen molar-refractivity contribution < 1.29 is 0 Å². The van der Waals surface area contributed by atoms with E-state index >= 15 is 0 Å². The van der Waals surface area contributed by atoms with Gasteiger partial charge in [0, 0.05) is 44.5 Å². The fraction of sp³-hybridized carbons (Fsp3) is 0.533. The van der Waals surface area contributed by atoms with Crippen LogP contribution in [0.3, 0.4) is 0 Å². The second kappa shape index (κ2) is 6.56. The number of hydrogen-bond donors (Lipinski definition) is 1. The molecule has 1 N–H and O–H groups in total. The van der Waals surface area contributed by atoms with E-state index in [-0.39, 0.29) is 0 Å². The number of anilines is 2. The van der Waals surface area contributed by atoms with Crippen LogP contribution in [-0.4, -0.2) is 33.3 Å². The Bertz CT molecular complexity index is 590. The topological polar surface area (TPSA) is 58.9 Å². The van der Waals surface area contributed by atoms with Crippen molar-refractivity contribution in [3.05, 3.63) is 29.8 Å². The van der Waals surface area contributed by atoms with Crippen molar-refractivity contribution in [3.63, 3.8) is 0 Å². The van der Waals surface area contributed by atoms with Crippen molar-refractivity contribution in [1.82, 2.24) is 19.7 Å². The molecule has 2 rings (SSSR count). The number of aromatic nitrogens is 4. The first-order valence-electron chi connectivity index (χ1n) is 7.30. The Hall–Kier alpha value is -2.11. The maximum absolute atomic E-state index is 4.49. The monoisotopic (exact) mass is 288 g/mol. The second-order valence-electron chi connectivity index (χ2n) is 5.52. The van der Waals surface area contributed by atoms with Gasteiger partial charge in [-0.05, 0) is 12.8 Å². The van der Waals surface area contributed by atoms with Crippen LogP contribution in [0, 0.1) is 0 Å². The molecule has 6 nitrogen and oxygen atoms in total. The van der Waals surface area contributed by atoms with E-state index in [0.717, 1.165) is 30.3 Å². The van der Waals surface area contributed by atoms with Crippen LogP contribution < -0.4 is 10.2 Å². The van der Waals surface area contributed by atoms with Gasteiger partial charge in [-0.15, -0.1) is 0 Å². The minimum Gasteiger partial charge on any atom is -0.370 e. The lowest BCUT2D eigenvalue weighted by molar-refractivity contribution is 0.765. The molecule has 0 spiro atoms. The summed E-state index contributed by atoms with van der Waals surface area (Å²) in [5.74, 6) is 2.25. The predicted octanol–water partition coefficient (Wildman–Crippen LogP) is 2.40. The summed E-state index contributed by atoms with van der Waals surface area (Å²) in [5.41, 5.74) is 2.32.